The molecule has 0 aromatic heterocycles. The van der Waals surface area contributed by atoms with Crippen LogP contribution in [0.15, 0.2) is 30.3 Å². The molecular formula is C17H28N2O2. The Kier molecular flexibility index (Phi) is 7.40. The second-order valence-corrected chi connectivity index (χ2v) is 6.10. The molecule has 21 heavy (non-hydrogen) atoms. The first-order chi connectivity index (χ1) is 9.94. The highest BCUT2D eigenvalue weighted by Crippen LogP contribution is 2.15. The van der Waals surface area contributed by atoms with Crippen molar-refractivity contribution in [3.8, 4) is 0 Å². The minimum absolute atomic E-state index is 0.0183. The highest BCUT2D eigenvalue weighted by molar-refractivity contribution is 5.80. The molecule has 0 radical (unpaired) electrons. The van der Waals surface area contributed by atoms with Crippen molar-refractivity contribution in [2.45, 2.75) is 40.3 Å². The smallest absolute Gasteiger partial charge is 0.248 e. The first-order valence-corrected chi connectivity index (χ1v) is 7.58. The van der Waals surface area contributed by atoms with Gasteiger partial charge in [-0.3, -0.25) is 4.79 Å². The average Bonchev–Trinajstić information content (AvgIpc) is 2.46. The fourth-order valence-corrected chi connectivity index (χ4v) is 1.94. The van der Waals surface area contributed by atoms with Crippen LogP contribution in [0.25, 0.3) is 0 Å². The minimum atomic E-state index is -0.404. The molecule has 4 nitrogen and oxygen atoms in total. The molecule has 0 bridgehead atoms. The summed E-state index contributed by atoms with van der Waals surface area (Å²) >= 11 is 0. The van der Waals surface area contributed by atoms with Gasteiger partial charge in [-0.05, 0) is 19.4 Å². The predicted octanol–water partition coefficient (Wildman–Crippen LogP) is 2.34. The molecule has 118 valence electrons. The van der Waals surface area contributed by atoms with Crippen molar-refractivity contribution in [2.24, 2.45) is 5.41 Å². The van der Waals surface area contributed by atoms with Gasteiger partial charge in [0.2, 0.25) is 5.91 Å². The number of hydrogen-bond acceptors (Lipinski definition) is 3. The van der Waals surface area contributed by atoms with E-state index in [4.69, 9.17) is 4.74 Å². The van der Waals surface area contributed by atoms with Crippen LogP contribution in [0.1, 0.15) is 33.3 Å². The van der Waals surface area contributed by atoms with Crippen molar-refractivity contribution < 1.29 is 9.53 Å². The first kappa shape index (κ1) is 17.7. The first-order valence-electron chi connectivity index (χ1n) is 7.58. The van der Waals surface area contributed by atoms with Crippen LogP contribution in [0.5, 0.6) is 0 Å². The molecule has 1 aromatic carbocycles. The van der Waals surface area contributed by atoms with E-state index in [-0.39, 0.29) is 11.3 Å². The third-order valence-corrected chi connectivity index (χ3v) is 3.22. The van der Waals surface area contributed by atoms with Gasteiger partial charge in [0.1, 0.15) is 6.10 Å². The van der Waals surface area contributed by atoms with Crippen molar-refractivity contribution in [1.29, 1.82) is 0 Å². The highest BCUT2D eigenvalue weighted by Gasteiger charge is 2.21. The minimum Gasteiger partial charge on any atom is -0.368 e. The number of carbonyl (C=O) groups is 1. The SMILES string of the molecule is CCNC(=O)C(C)OCC(C)(C)CNCc1ccccc1. The number of rotatable bonds is 9. The lowest BCUT2D eigenvalue weighted by Crippen LogP contribution is -2.39. The van der Waals surface area contributed by atoms with E-state index in [1.54, 1.807) is 6.92 Å². The summed E-state index contributed by atoms with van der Waals surface area (Å²) in [6.45, 7) is 10.8. The number of carbonyl (C=O) groups excluding carboxylic acids is 1. The zero-order valence-electron chi connectivity index (χ0n) is 13.6. The van der Waals surface area contributed by atoms with Gasteiger partial charge in [0.05, 0.1) is 6.61 Å². The Morgan fingerprint density at radius 1 is 1.29 bits per heavy atom. The van der Waals surface area contributed by atoms with E-state index in [2.05, 4.69) is 36.6 Å². The third kappa shape index (κ3) is 7.25. The fraction of sp³-hybridized carbons (Fsp3) is 0.588. The van der Waals surface area contributed by atoms with E-state index in [0.717, 1.165) is 13.1 Å². The van der Waals surface area contributed by atoms with Crippen molar-refractivity contribution in [3.63, 3.8) is 0 Å². The van der Waals surface area contributed by atoms with Crippen molar-refractivity contribution in [1.82, 2.24) is 10.6 Å². The molecule has 0 heterocycles. The third-order valence-electron chi connectivity index (χ3n) is 3.22. The number of ether oxygens (including phenoxy) is 1. The van der Waals surface area contributed by atoms with Crippen molar-refractivity contribution in [3.05, 3.63) is 35.9 Å². The lowest BCUT2D eigenvalue weighted by molar-refractivity contribution is -0.133. The van der Waals surface area contributed by atoms with Crippen LogP contribution >= 0.6 is 0 Å². The maximum absolute atomic E-state index is 11.6. The van der Waals surface area contributed by atoms with E-state index in [1.165, 1.54) is 5.56 Å². The Labute approximate surface area is 128 Å². The largest absolute Gasteiger partial charge is 0.368 e. The van der Waals surface area contributed by atoms with Crippen LogP contribution in [0.2, 0.25) is 0 Å². The van der Waals surface area contributed by atoms with E-state index >= 15 is 0 Å². The Hall–Kier alpha value is -1.39. The average molecular weight is 292 g/mol. The van der Waals surface area contributed by atoms with E-state index in [0.29, 0.717) is 13.2 Å². The van der Waals surface area contributed by atoms with Gasteiger partial charge < -0.3 is 15.4 Å². The molecule has 0 fully saturated rings. The van der Waals surface area contributed by atoms with Crippen molar-refractivity contribution >= 4 is 5.91 Å². The molecule has 1 rings (SSSR count). The van der Waals surface area contributed by atoms with E-state index in [1.807, 2.05) is 25.1 Å². The molecule has 1 unspecified atom stereocenters. The zero-order valence-corrected chi connectivity index (χ0v) is 13.6. The quantitative estimate of drug-likeness (QED) is 0.734. The summed E-state index contributed by atoms with van der Waals surface area (Å²) in [6, 6.07) is 10.3. The second kappa shape index (κ2) is 8.80. The lowest BCUT2D eigenvalue weighted by Gasteiger charge is -2.26. The Morgan fingerprint density at radius 3 is 2.57 bits per heavy atom. The Balaban J connectivity index is 2.28. The molecule has 0 spiro atoms. The van der Waals surface area contributed by atoms with Crippen LogP contribution in [0, 0.1) is 5.41 Å². The molecule has 4 heteroatoms. The summed E-state index contributed by atoms with van der Waals surface area (Å²) in [6.07, 6.45) is -0.404. The van der Waals surface area contributed by atoms with Crippen LogP contribution in [-0.2, 0) is 16.1 Å². The van der Waals surface area contributed by atoms with Crippen molar-refractivity contribution in [2.75, 3.05) is 19.7 Å². The maximum Gasteiger partial charge on any atom is 0.248 e. The van der Waals surface area contributed by atoms with Gasteiger partial charge in [-0.15, -0.1) is 0 Å². The number of benzene rings is 1. The van der Waals surface area contributed by atoms with Gasteiger partial charge >= 0.3 is 0 Å². The lowest BCUT2D eigenvalue weighted by atomic mass is 9.94. The summed E-state index contributed by atoms with van der Waals surface area (Å²) in [5.74, 6) is -0.0504. The molecule has 0 saturated heterocycles. The topological polar surface area (TPSA) is 50.4 Å². The normalized spacial score (nSPS) is 13.0. The summed E-state index contributed by atoms with van der Waals surface area (Å²) in [7, 11) is 0. The van der Waals surface area contributed by atoms with Crippen LogP contribution in [0.3, 0.4) is 0 Å². The van der Waals surface area contributed by atoms with Gasteiger partial charge in [-0.1, -0.05) is 44.2 Å². The maximum atomic E-state index is 11.6. The zero-order chi connectivity index (χ0) is 15.7. The summed E-state index contributed by atoms with van der Waals surface area (Å²) < 4.78 is 5.67. The monoisotopic (exact) mass is 292 g/mol. The highest BCUT2D eigenvalue weighted by atomic mass is 16.5. The van der Waals surface area contributed by atoms with E-state index in [9.17, 15) is 4.79 Å². The molecule has 1 amide bonds. The van der Waals surface area contributed by atoms with Gasteiger partial charge in [-0.2, -0.15) is 0 Å². The number of hydrogen-bond donors (Lipinski definition) is 2. The summed E-state index contributed by atoms with van der Waals surface area (Å²) in [5.41, 5.74) is 1.25. The molecule has 1 aromatic rings. The van der Waals surface area contributed by atoms with Crippen LogP contribution < -0.4 is 10.6 Å². The molecular weight excluding hydrogens is 264 g/mol. The second-order valence-electron chi connectivity index (χ2n) is 6.10. The van der Waals surface area contributed by atoms with Gasteiger partial charge in [0.25, 0.3) is 0 Å². The molecule has 1 atom stereocenters. The Morgan fingerprint density at radius 2 is 1.95 bits per heavy atom. The van der Waals surface area contributed by atoms with Gasteiger partial charge in [0, 0.05) is 25.0 Å². The summed E-state index contributed by atoms with van der Waals surface area (Å²) in [4.78, 5) is 11.6. The van der Waals surface area contributed by atoms with Gasteiger partial charge in [0.15, 0.2) is 0 Å². The molecule has 2 N–H and O–H groups in total. The van der Waals surface area contributed by atoms with Gasteiger partial charge in [-0.25, -0.2) is 0 Å². The number of likely N-dealkylation sites (N-methyl/N-ethyl adjacent to an activating group) is 1. The standard InChI is InChI=1S/C17H28N2O2/c1-5-19-16(20)14(2)21-13-17(3,4)12-18-11-15-9-7-6-8-10-15/h6-10,14,18H,5,11-13H2,1-4H3,(H,19,20). The van der Waals surface area contributed by atoms with Crippen LogP contribution in [-0.4, -0.2) is 31.7 Å². The predicted molar refractivity (Wildman–Crippen MR) is 86.0 cm³/mol. The number of amides is 1. The fourth-order valence-electron chi connectivity index (χ4n) is 1.94. The molecule has 0 aliphatic carbocycles. The Bertz CT molecular complexity index is 418. The summed E-state index contributed by atoms with van der Waals surface area (Å²) in [5, 5.41) is 6.21. The van der Waals surface area contributed by atoms with Crippen LogP contribution in [0.4, 0.5) is 0 Å². The molecule has 0 aliphatic rings. The molecule has 0 aliphatic heterocycles. The number of nitrogens with one attached hydrogen (secondary N) is 2. The van der Waals surface area contributed by atoms with E-state index < -0.39 is 6.10 Å². The molecule has 0 saturated carbocycles.